The highest BCUT2D eigenvalue weighted by molar-refractivity contribution is 6.42. The zero-order valence-corrected chi connectivity index (χ0v) is 13.6. The average molecular weight is 338 g/mol. The van der Waals surface area contributed by atoms with Crippen LogP contribution in [0.25, 0.3) is 0 Å². The van der Waals surface area contributed by atoms with Gasteiger partial charge in [-0.25, -0.2) is 0 Å². The number of carbonyl (C=O) groups is 1. The van der Waals surface area contributed by atoms with E-state index in [-0.39, 0.29) is 18.6 Å². The summed E-state index contributed by atoms with van der Waals surface area (Å²) >= 11 is 11.9. The lowest BCUT2D eigenvalue weighted by atomic mass is 9.92. The number of allylic oxidation sites excluding steroid dienone is 2. The summed E-state index contributed by atoms with van der Waals surface area (Å²) in [5.74, 6) is -0.194. The van der Waals surface area contributed by atoms with Crippen LogP contribution in [0.3, 0.4) is 0 Å². The van der Waals surface area contributed by atoms with Gasteiger partial charge in [0.1, 0.15) is 0 Å². The van der Waals surface area contributed by atoms with Crippen LogP contribution in [0.15, 0.2) is 54.7 Å². The Morgan fingerprint density at radius 3 is 2.73 bits per heavy atom. The van der Waals surface area contributed by atoms with E-state index in [4.69, 9.17) is 23.2 Å². The van der Waals surface area contributed by atoms with Gasteiger partial charge in [0.2, 0.25) is 0 Å². The minimum Gasteiger partial charge on any atom is -0.394 e. The lowest BCUT2D eigenvalue weighted by molar-refractivity contribution is 0.0594. The molecule has 1 unspecified atom stereocenters. The second-order valence-corrected chi connectivity index (χ2v) is 5.95. The van der Waals surface area contributed by atoms with Crippen molar-refractivity contribution in [3.63, 3.8) is 0 Å². The molecule has 0 bridgehead atoms. The predicted molar refractivity (Wildman–Crippen MR) is 90.4 cm³/mol. The quantitative estimate of drug-likeness (QED) is 0.909. The number of amides is 1. The lowest BCUT2D eigenvalue weighted by Gasteiger charge is -2.37. The van der Waals surface area contributed by atoms with Gasteiger partial charge in [-0.1, -0.05) is 48.5 Å². The minimum atomic E-state index is -0.295. The van der Waals surface area contributed by atoms with Gasteiger partial charge in [0.15, 0.2) is 0 Å². The molecule has 1 aliphatic rings. The van der Waals surface area contributed by atoms with Gasteiger partial charge in [0.25, 0.3) is 5.91 Å². The third-order valence-corrected chi connectivity index (χ3v) is 4.41. The van der Waals surface area contributed by atoms with Crippen molar-refractivity contribution in [2.75, 3.05) is 13.2 Å². The highest BCUT2D eigenvalue weighted by Crippen LogP contribution is 2.29. The van der Waals surface area contributed by atoms with E-state index in [1.807, 2.05) is 6.08 Å². The fraction of sp³-hybridized carbons (Fsp3) is 0.235. The molecule has 0 spiro atoms. The molecule has 1 N–H and O–H groups in total. The molecule has 1 aliphatic heterocycles. The molecule has 0 radical (unpaired) electrons. The van der Waals surface area contributed by atoms with Crippen LogP contribution in [0, 0.1) is 0 Å². The van der Waals surface area contributed by atoms with E-state index in [0.717, 1.165) is 11.1 Å². The number of hydrogen-bond acceptors (Lipinski definition) is 2. The molecule has 1 amide bonds. The number of carbonyl (C=O) groups excluding carboxylic acids is 1. The summed E-state index contributed by atoms with van der Waals surface area (Å²) in [5, 5.41) is 10.3. The molecule has 1 heterocycles. The van der Waals surface area contributed by atoms with E-state index in [1.54, 1.807) is 29.2 Å². The standard InChI is InChI=1S/C17H17Cl2NO2/c1-3-4-13-9-20(14(10-21)7-11(13)2)17(22)12-5-6-15(18)16(19)8-12/h3-6,8,14,21H,1-2,7,9-10H2. The van der Waals surface area contributed by atoms with Crippen molar-refractivity contribution in [1.29, 1.82) is 0 Å². The van der Waals surface area contributed by atoms with Gasteiger partial charge < -0.3 is 10.0 Å². The van der Waals surface area contributed by atoms with Crippen molar-refractivity contribution >= 4 is 29.1 Å². The Bertz CT molecular complexity index is 652. The number of aliphatic hydroxyl groups is 1. The fourth-order valence-electron chi connectivity index (χ4n) is 2.46. The summed E-state index contributed by atoms with van der Waals surface area (Å²) in [4.78, 5) is 14.3. The maximum atomic E-state index is 12.7. The maximum Gasteiger partial charge on any atom is 0.254 e. The summed E-state index contributed by atoms with van der Waals surface area (Å²) in [6, 6.07) is 4.47. The first-order chi connectivity index (χ1) is 10.5. The van der Waals surface area contributed by atoms with Crippen LogP contribution in [-0.4, -0.2) is 35.1 Å². The number of benzene rings is 1. The average Bonchev–Trinajstić information content (AvgIpc) is 2.51. The van der Waals surface area contributed by atoms with Crippen LogP contribution in [0.5, 0.6) is 0 Å². The molecule has 1 atom stereocenters. The monoisotopic (exact) mass is 337 g/mol. The summed E-state index contributed by atoms with van der Waals surface area (Å²) < 4.78 is 0. The molecule has 116 valence electrons. The number of likely N-dealkylation sites (tertiary alicyclic amines) is 1. The fourth-order valence-corrected chi connectivity index (χ4v) is 2.76. The van der Waals surface area contributed by atoms with Gasteiger partial charge in [0, 0.05) is 12.1 Å². The van der Waals surface area contributed by atoms with Gasteiger partial charge in [0.05, 0.1) is 22.7 Å². The number of nitrogens with zero attached hydrogens (tertiary/aromatic N) is 1. The van der Waals surface area contributed by atoms with Gasteiger partial charge in [-0.15, -0.1) is 0 Å². The molecule has 1 aromatic carbocycles. The van der Waals surface area contributed by atoms with E-state index in [0.29, 0.717) is 28.6 Å². The highest BCUT2D eigenvalue weighted by Gasteiger charge is 2.30. The van der Waals surface area contributed by atoms with Gasteiger partial charge >= 0.3 is 0 Å². The first-order valence-electron chi connectivity index (χ1n) is 6.84. The number of aliphatic hydroxyl groups excluding tert-OH is 1. The number of hydrogen-bond donors (Lipinski definition) is 1. The Hall–Kier alpha value is -1.55. The molecule has 0 aliphatic carbocycles. The van der Waals surface area contributed by atoms with Crippen LogP contribution >= 0.6 is 23.2 Å². The molecule has 1 fully saturated rings. The van der Waals surface area contributed by atoms with E-state index < -0.39 is 0 Å². The first kappa shape index (κ1) is 16.8. The Balaban J connectivity index is 2.32. The second kappa shape index (κ2) is 7.14. The SMILES string of the molecule is C=CC=C1CN(C(=O)c2ccc(Cl)c(Cl)c2)C(CO)CC1=C. The Morgan fingerprint density at radius 1 is 1.41 bits per heavy atom. The van der Waals surface area contributed by atoms with E-state index in [9.17, 15) is 9.90 Å². The van der Waals surface area contributed by atoms with Crippen LogP contribution < -0.4 is 0 Å². The van der Waals surface area contributed by atoms with Crippen molar-refractivity contribution in [3.8, 4) is 0 Å². The van der Waals surface area contributed by atoms with Crippen LogP contribution in [0.2, 0.25) is 10.0 Å². The summed E-state index contributed by atoms with van der Waals surface area (Å²) in [5.41, 5.74) is 2.29. The zero-order chi connectivity index (χ0) is 16.3. The smallest absolute Gasteiger partial charge is 0.254 e. The number of halogens is 2. The summed E-state index contributed by atoms with van der Waals surface area (Å²) in [6.45, 7) is 7.94. The first-order valence-corrected chi connectivity index (χ1v) is 7.60. The Labute approximate surface area is 140 Å². The minimum absolute atomic E-state index is 0.118. The zero-order valence-electron chi connectivity index (χ0n) is 12.1. The van der Waals surface area contributed by atoms with Gasteiger partial charge in [-0.3, -0.25) is 4.79 Å². The molecule has 0 saturated carbocycles. The third-order valence-electron chi connectivity index (χ3n) is 3.67. The van der Waals surface area contributed by atoms with E-state index in [2.05, 4.69) is 13.2 Å². The summed E-state index contributed by atoms with van der Waals surface area (Å²) in [7, 11) is 0. The van der Waals surface area contributed by atoms with Gasteiger partial charge in [-0.05, 0) is 35.8 Å². The third kappa shape index (κ3) is 3.43. The van der Waals surface area contributed by atoms with E-state index >= 15 is 0 Å². The van der Waals surface area contributed by atoms with Crippen LogP contribution in [0.4, 0.5) is 0 Å². The van der Waals surface area contributed by atoms with Crippen molar-refractivity contribution in [2.45, 2.75) is 12.5 Å². The van der Waals surface area contributed by atoms with Crippen molar-refractivity contribution in [2.24, 2.45) is 0 Å². The lowest BCUT2D eigenvalue weighted by Crippen LogP contribution is -2.47. The second-order valence-electron chi connectivity index (χ2n) is 5.13. The van der Waals surface area contributed by atoms with Crippen LogP contribution in [-0.2, 0) is 0 Å². The predicted octanol–water partition coefficient (Wildman–Crippen LogP) is 3.87. The molecule has 1 aromatic rings. The molecule has 5 heteroatoms. The normalized spacial score (nSPS) is 20.3. The molecular formula is C17H17Cl2NO2. The molecule has 1 saturated heterocycles. The van der Waals surface area contributed by atoms with Crippen molar-refractivity contribution in [1.82, 2.24) is 4.90 Å². The van der Waals surface area contributed by atoms with Crippen LogP contribution in [0.1, 0.15) is 16.8 Å². The highest BCUT2D eigenvalue weighted by atomic mass is 35.5. The molecular weight excluding hydrogens is 321 g/mol. The topological polar surface area (TPSA) is 40.5 Å². The molecule has 0 aromatic heterocycles. The molecule has 2 rings (SSSR count). The van der Waals surface area contributed by atoms with E-state index in [1.165, 1.54) is 0 Å². The Kier molecular flexibility index (Phi) is 5.46. The van der Waals surface area contributed by atoms with Gasteiger partial charge in [-0.2, -0.15) is 0 Å². The largest absolute Gasteiger partial charge is 0.394 e. The maximum absolute atomic E-state index is 12.7. The summed E-state index contributed by atoms with van der Waals surface area (Å²) in [6.07, 6.45) is 4.04. The van der Waals surface area contributed by atoms with Crippen molar-refractivity contribution < 1.29 is 9.90 Å². The number of rotatable bonds is 3. The molecule has 3 nitrogen and oxygen atoms in total. The number of piperidine rings is 1. The Morgan fingerprint density at radius 2 is 2.14 bits per heavy atom. The van der Waals surface area contributed by atoms with Crippen molar-refractivity contribution in [3.05, 3.63) is 70.3 Å². The molecule has 22 heavy (non-hydrogen) atoms.